The van der Waals surface area contributed by atoms with E-state index in [4.69, 9.17) is 23.2 Å². The van der Waals surface area contributed by atoms with Crippen LogP contribution in [0.1, 0.15) is 0 Å². The summed E-state index contributed by atoms with van der Waals surface area (Å²) in [6.45, 7) is 4.20. The lowest BCUT2D eigenvalue weighted by atomic mass is 9.87. The maximum Gasteiger partial charge on any atom is 0.237 e. The van der Waals surface area contributed by atoms with E-state index in [1.54, 1.807) is 43.6 Å². The minimum atomic E-state index is -0.868. The molecule has 24 heavy (non-hydrogen) atoms. The molecule has 1 aromatic heterocycles. The Balaban J connectivity index is 2.35. The number of carbonyl (C=O) groups excluding carboxylic acids is 2. The van der Waals surface area contributed by atoms with Crippen LogP contribution in [0.2, 0.25) is 4.34 Å². The quantitative estimate of drug-likeness (QED) is 0.479. The molecular weight excluding hydrogens is 369 g/mol. The molecule has 8 heteroatoms. The average Bonchev–Trinajstić information content (AvgIpc) is 3.04. The largest absolute Gasteiger partial charge is 0.368 e. The minimum Gasteiger partial charge on any atom is -0.368 e. The van der Waals surface area contributed by atoms with Crippen molar-refractivity contribution >= 4 is 52.0 Å². The molecule has 130 valence electrons. The van der Waals surface area contributed by atoms with Gasteiger partial charge in [0.05, 0.1) is 5.69 Å². The zero-order valence-electron chi connectivity index (χ0n) is 13.7. The molecule has 2 atom stereocenters. The molecular formula is C16H19Cl2N3O2S. The van der Waals surface area contributed by atoms with Crippen molar-refractivity contribution in [2.24, 2.45) is 11.8 Å². The third-order valence-corrected chi connectivity index (χ3v) is 5.65. The summed E-state index contributed by atoms with van der Waals surface area (Å²) in [4.78, 5) is 28.5. The van der Waals surface area contributed by atoms with E-state index in [0.717, 1.165) is 0 Å². The summed E-state index contributed by atoms with van der Waals surface area (Å²) < 4.78 is 0.476. The Bertz CT molecular complexity index is 699. The molecule has 1 aliphatic heterocycles. The second kappa shape index (κ2) is 7.59. The second-order valence-corrected chi connectivity index (χ2v) is 7.62. The van der Waals surface area contributed by atoms with Crippen LogP contribution in [0.3, 0.4) is 0 Å². The molecule has 2 rings (SSSR count). The lowest BCUT2D eigenvalue weighted by molar-refractivity contribution is -0.135. The van der Waals surface area contributed by atoms with E-state index in [1.807, 2.05) is 0 Å². The predicted octanol–water partition coefficient (Wildman–Crippen LogP) is 3.24. The van der Waals surface area contributed by atoms with Crippen LogP contribution in [0, 0.1) is 11.8 Å². The number of thiophene rings is 1. The van der Waals surface area contributed by atoms with E-state index in [-0.39, 0.29) is 11.8 Å². The highest BCUT2D eigenvalue weighted by atomic mass is 35.5. The highest BCUT2D eigenvalue weighted by Crippen LogP contribution is 2.35. The Morgan fingerprint density at radius 2 is 2.21 bits per heavy atom. The van der Waals surface area contributed by atoms with Gasteiger partial charge in [-0.25, -0.2) is 0 Å². The molecule has 1 saturated heterocycles. The Hall–Kier alpha value is -1.50. The van der Waals surface area contributed by atoms with E-state index < -0.39 is 11.8 Å². The van der Waals surface area contributed by atoms with E-state index in [0.29, 0.717) is 27.3 Å². The molecule has 0 aliphatic carbocycles. The van der Waals surface area contributed by atoms with Crippen molar-refractivity contribution in [2.45, 2.75) is 0 Å². The summed E-state index contributed by atoms with van der Waals surface area (Å²) in [5.41, 5.74) is 1.19. The Morgan fingerprint density at radius 3 is 2.71 bits per heavy atom. The Labute approximate surface area is 155 Å². The van der Waals surface area contributed by atoms with Crippen LogP contribution in [0.15, 0.2) is 34.8 Å². The molecule has 0 radical (unpaired) electrons. The molecule has 1 fully saturated rings. The first-order valence-electron chi connectivity index (χ1n) is 7.26. The van der Waals surface area contributed by atoms with Gasteiger partial charge in [-0.05, 0) is 17.0 Å². The fraction of sp³-hybridized carbons (Fsp3) is 0.375. The number of hydrogen-bond acceptors (Lipinski definition) is 4. The van der Waals surface area contributed by atoms with E-state index in [2.05, 4.69) is 11.9 Å². The van der Waals surface area contributed by atoms with Gasteiger partial charge in [-0.2, -0.15) is 0 Å². The van der Waals surface area contributed by atoms with Crippen molar-refractivity contribution in [3.8, 4) is 0 Å². The first-order chi connectivity index (χ1) is 11.3. The molecule has 0 aromatic carbocycles. The monoisotopic (exact) mass is 387 g/mol. The predicted molar refractivity (Wildman–Crippen MR) is 99.3 cm³/mol. The zero-order chi connectivity index (χ0) is 18.0. The van der Waals surface area contributed by atoms with Crippen LogP contribution in [0.4, 0.5) is 5.69 Å². The summed E-state index contributed by atoms with van der Waals surface area (Å²) in [5.74, 6) is -1.87. The normalized spacial score (nSPS) is 21.5. The Kier molecular flexibility index (Phi) is 5.96. The van der Waals surface area contributed by atoms with E-state index in [9.17, 15) is 9.59 Å². The second-order valence-electron chi connectivity index (χ2n) is 5.74. The maximum atomic E-state index is 12.7. The molecule has 5 nitrogen and oxygen atoms in total. The van der Waals surface area contributed by atoms with Crippen molar-refractivity contribution in [1.29, 1.82) is 0 Å². The molecule has 2 amide bonds. The number of anilines is 1. The molecule has 2 heterocycles. The van der Waals surface area contributed by atoms with Crippen LogP contribution in [-0.4, -0.2) is 49.3 Å². The van der Waals surface area contributed by atoms with Crippen molar-refractivity contribution in [2.75, 3.05) is 33.0 Å². The van der Waals surface area contributed by atoms with Crippen LogP contribution in [-0.2, 0) is 9.59 Å². The van der Waals surface area contributed by atoms with Gasteiger partial charge in [0.25, 0.3) is 0 Å². The first-order valence-corrected chi connectivity index (χ1v) is 8.89. The molecule has 0 bridgehead atoms. The van der Waals surface area contributed by atoms with Gasteiger partial charge in [-0.15, -0.1) is 11.3 Å². The molecule has 1 N–H and O–H groups in total. The van der Waals surface area contributed by atoms with Gasteiger partial charge < -0.3 is 15.1 Å². The third kappa shape index (κ3) is 3.61. The molecule has 0 spiro atoms. The zero-order valence-corrected chi connectivity index (χ0v) is 16.0. The van der Waals surface area contributed by atoms with Crippen molar-refractivity contribution in [1.82, 2.24) is 9.80 Å². The SMILES string of the molecule is C=C/C(=C(/Cl)N(C)C)[C@H]1CN(C)C(=O)[C@@H]1C(=O)Nc1ccsc1Cl. The van der Waals surface area contributed by atoms with Crippen LogP contribution < -0.4 is 5.32 Å². The highest BCUT2D eigenvalue weighted by molar-refractivity contribution is 7.15. The number of likely N-dealkylation sites (tertiary alicyclic amines) is 1. The van der Waals surface area contributed by atoms with Crippen LogP contribution in [0.25, 0.3) is 0 Å². The summed E-state index contributed by atoms with van der Waals surface area (Å²) in [6, 6.07) is 1.71. The van der Waals surface area contributed by atoms with Crippen LogP contribution >= 0.6 is 34.5 Å². The first kappa shape index (κ1) is 18.8. The number of amides is 2. The number of hydrogen-bond donors (Lipinski definition) is 1. The standard InChI is InChI=1S/C16H19Cl2N3O2S/c1-5-9(13(17)20(2)3)10-8-21(4)16(23)12(10)15(22)19-11-6-7-24-14(11)18/h5-7,10,12H,1,8H2,2-4H3,(H,19,22)/b13-9+/t10-,12+/m1/s1. The van der Waals surface area contributed by atoms with Crippen molar-refractivity contribution in [3.63, 3.8) is 0 Å². The van der Waals surface area contributed by atoms with Gasteiger partial charge in [0.1, 0.15) is 15.4 Å². The fourth-order valence-electron chi connectivity index (χ4n) is 2.71. The van der Waals surface area contributed by atoms with Gasteiger partial charge in [0.15, 0.2) is 0 Å². The number of rotatable bonds is 5. The van der Waals surface area contributed by atoms with Gasteiger partial charge in [-0.1, -0.05) is 35.9 Å². The summed E-state index contributed by atoms with van der Waals surface area (Å²) in [6.07, 6.45) is 1.61. The topological polar surface area (TPSA) is 52.7 Å². The molecule has 1 aromatic rings. The van der Waals surface area contributed by atoms with Gasteiger partial charge in [-0.3, -0.25) is 9.59 Å². The number of nitrogens with zero attached hydrogens (tertiary/aromatic N) is 2. The number of halogens is 2. The number of nitrogens with one attached hydrogen (secondary N) is 1. The maximum absolute atomic E-state index is 12.7. The minimum absolute atomic E-state index is 0.244. The summed E-state index contributed by atoms with van der Waals surface area (Å²) in [7, 11) is 5.27. The smallest absolute Gasteiger partial charge is 0.237 e. The van der Waals surface area contributed by atoms with E-state index in [1.165, 1.54) is 16.2 Å². The highest BCUT2D eigenvalue weighted by Gasteiger charge is 2.45. The lowest BCUT2D eigenvalue weighted by Gasteiger charge is -2.22. The van der Waals surface area contributed by atoms with Crippen molar-refractivity contribution in [3.05, 3.63) is 39.2 Å². The fourth-order valence-corrected chi connectivity index (χ4v) is 3.76. The molecule has 0 unspecified atom stereocenters. The van der Waals surface area contributed by atoms with E-state index >= 15 is 0 Å². The summed E-state index contributed by atoms with van der Waals surface area (Å²) in [5, 5.41) is 4.97. The third-order valence-electron chi connectivity index (χ3n) is 3.92. The van der Waals surface area contributed by atoms with Gasteiger partial charge in [0.2, 0.25) is 11.8 Å². The van der Waals surface area contributed by atoms with Gasteiger partial charge in [0, 0.05) is 33.6 Å². The lowest BCUT2D eigenvalue weighted by Crippen LogP contribution is -2.34. The Morgan fingerprint density at radius 1 is 1.54 bits per heavy atom. The average molecular weight is 388 g/mol. The number of allylic oxidation sites excluding steroid dienone is 1. The van der Waals surface area contributed by atoms with Crippen LogP contribution in [0.5, 0.6) is 0 Å². The van der Waals surface area contributed by atoms with Crippen molar-refractivity contribution < 1.29 is 9.59 Å². The summed E-state index contributed by atoms with van der Waals surface area (Å²) >= 11 is 13.7. The molecule has 0 saturated carbocycles. The molecule has 1 aliphatic rings. The number of carbonyl (C=O) groups is 2. The van der Waals surface area contributed by atoms with Gasteiger partial charge >= 0.3 is 0 Å².